The maximum absolute atomic E-state index is 2.43. The van der Waals surface area contributed by atoms with Crippen molar-refractivity contribution in [3.05, 3.63) is 0 Å². The molecule has 0 aromatic heterocycles. The molecule has 0 saturated heterocycles. The molecule has 0 aliphatic rings. The van der Waals surface area contributed by atoms with Crippen LogP contribution in [0.25, 0.3) is 0 Å². The van der Waals surface area contributed by atoms with Crippen molar-refractivity contribution in [2.75, 3.05) is 0 Å². The molecule has 0 rings (SSSR count). The van der Waals surface area contributed by atoms with Gasteiger partial charge in [-0.05, 0) is 48.3 Å². The Kier molecular flexibility index (Phi) is 6.81. The smallest absolute Gasteiger partial charge is 0.0352 e. The lowest BCUT2D eigenvalue weighted by atomic mass is 9.75. The Hall–Kier alpha value is 0. The van der Waals surface area contributed by atoms with E-state index in [4.69, 9.17) is 0 Å². The first-order valence-corrected chi connectivity index (χ1v) is 7.54. The van der Waals surface area contributed by atoms with Crippen molar-refractivity contribution >= 4 is 0 Å². The van der Waals surface area contributed by atoms with E-state index in [1.807, 2.05) is 0 Å². The molecule has 0 unspecified atom stereocenters. The monoisotopic (exact) mass is 240 g/mol. The second-order valence-electron chi connectivity index (χ2n) is 8.38. The Morgan fingerprint density at radius 2 is 0.941 bits per heavy atom. The third-order valence-corrected chi connectivity index (χ3v) is 3.63. The average molecular weight is 240 g/mol. The average Bonchev–Trinajstić information content (AvgIpc) is 1.96. The van der Waals surface area contributed by atoms with Crippen LogP contribution < -0.4 is 0 Å². The molecule has 0 heterocycles. The quantitative estimate of drug-likeness (QED) is 0.467. The van der Waals surface area contributed by atoms with Gasteiger partial charge in [-0.2, -0.15) is 0 Å². The lowest BCUT2D eigenvalue weighted by molar-refractivity contribution is 0.213. The van der Waals surface area contributed by atoms with Gasteiger partial charge in [-0.25, -0.2) is 0 Å². The minimum atomic E-state index is 0.530. The van der Waals surface area contributed by atoms with Gasteiger partial charge in [0.2, 0.25) is 0 Å². The summed E-state index contributed by atoms with van der Waals surface area (Å²) in [6, 6.07) is 0. The largest absolute Gasteiger partial charge is 0.0628 e. The predicted octanol–water partition coefficient (Wildman–Crippen LogP) is 6.30. The van der Waals surface area contributed by atoms with E-state index >= 15 is 0 Å². The van der Waals surface area contributed by atoms with Crippen LogP contribution in [0.2, 0.25) is 0 Å². The van der Waals surface area contributed by atoms with Crippen LogP contribution in [-0.2, 0) is 0 Å². The van der Waals surface area contributed by atoms with E-state index in [9.17, 15) is 0 Å². The summed E-state index contributed by atoms with van der Waals surface area (Å²) in [5.74, 6) is 1.65. The Balaban J connectivity index is 3.97. The van der Waals surface area contributed by atoms with E-state index in [1.165, 1.54) is 32.1 Å². The normalized spacial score (nSPS) is 13.8. The van der Waals surface area contributed by atoms with Gasteiger partial charge in [0.25, 0.3) is 0 Å². The molecular formula is C17H36. The van der Waals surface area contributed by atoms with E-state index < -0.39 is 0 Å². The van der Waals surface area contributed by atoms with Crippen LogP contribution in [0.1, 0.15) is 87.5 Å². The number of hydrogen-bond acceptors (Lipinski definition) is 0. The first-order valence-electron chi connectivity index (χ1n) is 7.54. The van der Waals surface area contributed by atoms with Gasteiger partial charge in [-0.3, -0.25) is 0 Å². The second kappa shape index (κ2) is 6.81. The van der Waals surface area contributed by atoms with Crippen LogP contribution in [0.15, 0.2) is 0 Å². The molecule has 0 saturated carbocycles. The molecule has 0 aliphatic heterocycles. The SMILES string of the molecule is CC(C)CC(C)(C)CCCC(C)(C)CC(C)C. The fraction of sp³-hybridized carbons (Fsp3) is 1.00. The van der Waals surface area contributed by atoms with Gasteiger partial charge in [-0.1, -0.05) is 61.8 Å². The zero-order valence-electron chi connectivity index (χ0n) is 13.7. The van der Waals surface area contributed by atoms with Gasteiger partial charge < -0.3 is 0 Å². The summed E-state index contributed by atoms with van der Waals surface area (Å²) in [5, 5.41) is 0. The summed E-state index contributed by atoms with van der Waals surface area (Å²) < 4.78 is 0. The van der Waals surface area contributed by atoms with E-state index in [-0.39, 0.29) is 0 Å². The zero-order chi connectivity index (χ0) is 13.7. The summed E-state index contributed by atoms with van der Waals surface area (Å²) in [6.45, 7) is 19.1. The molecule has 0 heteroatoms. The molecule has 0 aliphatic carbocycles. The molecule has 0 amide bonds. The van der Waals surface area contributed by atoms with Gasteiger partial charge in [0, 0.05) is 0 Å². The van der Waals surface area contributed by atoms with Gasteiger partial charge in [0.1, 0.15) is 0 Å². The highest BCUT2D eigenvalue weighted by atomic mass is 14.3. The Morgan fingerprint density at radius 1 is 0.647 bits per heavy atom. The van der Waals surface area contributed by atoms with Gasteiger partial charge in [-0.15, -0.1) is 0 Å². The fourth-order valence-electron chi connectivity index (χ4n) is 3.46. The van der Waals surface area contributed by atoms with Crippen LogP contribution in [0.4, 0.5) is 0 Å². The van der Waals surface area contributed by atoms with E-state index in [0.29, 0.717) is 10.8 Å². The van der Waals surface area contributed by atoms with Crippen LogP contribution in [-0.4, -0.2) is 0 Å². The molecule has 0 fully saturated rings. The number of hydrogen-bond donors (Lipinski definition) is 0. The molecular weight excluding hydrogens is 204 g/mol. The van der Waals surface area contributed by atoms with Crippen molar-refractivity contribution in [3.8, 4) is 0 Å². The molecule has 0 aromatic carbocycles. The van der Waals surface area contributed by atoms with Crippen LogP contribution in [0.5, 0.6) is 0 Å². The summed E-state index contributed by atoms with van der Waals surface area (Å²) in [5.41, 5.74) is 1.06. The first kappa shape index (κ1) is 17.0. The second-order valence-corrected chi connectivity index (χ2v) is 8.38. The van der Waals surface area contributed by atoms with Crippen molar-refractivity contribution in [3.63, 3.8) is 0 Å². The highest BCUT2D eigenvalue weighted by Gasteiger charge is 2.23. The standard InChI is InChI=1S/C17H36/c1-14(2)12-16(5,6)10-9-11-17(7,8)13-15(3)4/h14-15H,9-13H2,1-8H3. The van der Waals surface area contributed by atoms with Crippen molar-refractivity contribution < 1.29 is 0 Å². The third kappa shape index (κ3) is 9.68. The van der Waals surface area contributed by atoms with Gasteiger partial charge in [0.05, 0.1) is 0 Å². The minimum Gasteiger partial charge on any atom is -0.0628 e. The van der Waals surface area contributed by atoms with Crippen LogP contribution in [0.3, 0.4) is 0 Å². The summed E-state index contributed by atoms with van der Waals surface area (Å²) in [6.07, 6.45) is 6.87. The molecule has 0 aromatic rings. The lowest BCUT2D eigenvalue weighted by Gasteiger charge is -2.31. The van der Waals surface area contributed by atoms with Crippen LogP contribution >= 0.6 is 0 Å². The molecule has 0 spiro atoms. The maximum Gasteiger partial charge on any atom is -0.0352 e. The Bertz CT molecular complexity index is 174. The van der Waals surface area contributed by atoms with Gasteiger partial charge in [0.15, 0.2) is 0 Å². The molecule has 104 valence electrons. The van der Waals surface area contributed by atoms with E-state index in [0.717, 1.165) is 11.8 Å². The minimum absolute atomic E-state index is 0.530. The van der Waals surface area contributed by atoms with Gasteiger partial charge >= 0.3 is 0 Å². The lowest BCUT2D eigenvalue weighted by Crippen LogP contribution is -2.18. The fourth-order valence-corrected chi connectivity index (χ4v) is 3.46. The first-order chi connectivity index (χ1) is 7.54. The molecule has 17 heavy (non-hydrogen) atoms. The molecule has 0 atom stereocenters. The highest BCUT2D eigenvalue weighted by Crippen LogP contribution is 2.36. The summed E-state index contributed by atoms with van der Waals surface area (Å²) >= 11 is 0. The number of rotatable bonds is 8. The Morgan fingerprint density at radius 3 is 1.18 bits per heavy atom. The van der Waals surface area contributed by atoms with E-state index in [2.05, 4.69) is 55.4 Å². The molecule has 0 bridgehead atoms. The molecule has 0 N–H and O–H groups in total. The highest BCUT2D eigenvalue weighted by molar-refractivity contribution is 4.75. The van der Waals surface area contributed by atoms with Crippen molar-refractivity contribution in [1.29, 1.82) is 0 Å². The van der Waals surface area contributed by atoms with Crippen molar-refractivity contribution in [2.45, 2.75) is 87.5 Å². The predicted molar refractivity (Wildman–Crippen MR) is 80.3 cm³/mol. The third-order valence-electron chi connectivity index (χ3n) is 3.63. The van der Waals surface area contributed by atoms with E-state index in [1.54, 1.807) is 0 Å². The van der Waals surface area contributed by atoms with Crippen LogP contribution in [0, 0.1) is 22.7 Å². The summed E-state index contributed by atoms with van der Waals surface area (Å²) in [7, 11) is 0. The van der Waals surface area contributed by atoms with Crippen molar-refractivity contribution in [1.82, 2.24) is 0 Å². The van der Waals surface area contributed by atoms with Crippen molar-refractivity contribution in [2.24, 2.45) is 22.7 Å². The molecule has 0 radical (unpaired) electrons. The topological polar surface area (TPSA) is 0 Å². The Labute approximate surface area is 111 Å². The zero-order valence-corrected chi connectivity index (χ0v) is 13.7. The summed E-state index contributed by atoms with van der Waals surface area (Å²) in [4.78, 5) is 0. The maximum atomic E-state index is 2.43. The molecule has 0 nitrogen and oxygen atoms in total.